The van der Waals surface area contributed by atoms with Crippen molar-refractivity contribution >= 4 is 22.7 Å². The number of aromatic amines is 1. The first-order valence-corrected chi connectivity index (χ1v) is 9.82. The third-order valence-electron chi connectivity index (χ3n) is 5.58. The maximum Gasteiger partial charge on any atom is 0.341 e. The van der Waals surface area contributed by atoms with Crippen molar-refractivity contribution in [3.8, 4) is 16.9 Å². The molecule has 0 amide bonds. The summed E-state index contributed by atoms with van der Waals surface area (Å²) in [6.07, 6.45) is 3.36. The molecular formula is C23H19FN4O3. The van der Waals surface area contributed by atoms with E-state index in [0.29, 0.717) is 22.5 Å². The van der Waals surface area contributed by atoms with Gasteiger partial charge in [0.1, 0.15) is 0 Å². The van der Waals surface area contributed by atoms with Crippen LogP contribution in [0.5, 0.6) is 5.75 Å². The average molecular weight is 418 g/mol. The normalized spacial score (nSPS) is 16.9. The molecule has 8 heteroatoms. The van der Waals surface area contributed by atoms with E-state index < -0.39 is 17.3 Å². The molecule has 1 atom stereocenters. The lowest BCUT2D eigenvalue weighted by molar-refractivity contribution is -0.147. The van der Waals surface area contributed by atoms with Crippen molar-refractivity contribution in [1.82, 2.24) is 15.2 Å². The van der Waals surface area contributed by atoms with Crippen LogP contribution in [0.15, 0.2) is 54.9 Å². The predicted molar refractivity (Wildman–Crippen MR) is 113 cm³/mol. The van der Waals surface area contributed by atoms with E-state index in [0.717, 1.165) is 16.5 Å². The second-order valence-electron chi connectivity index (χ2n) is 7.17. The minimum atomic E-state index is -1.52. The van der Waals surface area contributed by atoms with Gasteiger partial charge < -0.3 is 19.8 Å². The molecule has 5 rings (SSSR count). The van der Waals surface area contributed by atoms with E-state index in [1.54, 1.807) is 25.4 Å². The second kappa shape index (κ2) is 7.09. The fourth-order valence-electron chi connectivity index (χ4n) is 4.21. The van der Waals surface area contributed by atoms with Crippen LogP contribution >= 0.6 is 0 Å². The number of nitrogens with zero attached hydrogens (tertiary/aromatic N) is 2. The highest BCUT2D eigenvalue weighted by atomic mass is 19.1. The van der Waals surface area contributed by atoms with Crippen molar-refractivity contribution in [2.75, 3.05) is 19.0 Å². The number of hydrogen-bond acceptors (Lipinski definition) is 6. The van der Waals surface area contributed by atoms with Crippen molar-refractivity contribution in [3.05, 3.63) is 71.8 Å². The molecular weight excluding hydrogens is 399 g/mol. The number of ether oxygens (including phenoxy) is 2. The molecule has 2 aromatic carbocycles. The first kappa shape index (κ1) is 19.0. The van der Waals surface area contributed by atoms with Gasteiger partial charge >= 0.3 is 5.97 Å². The van der Waals surface area contributed by atoms with Gasteiger partial charge in [-0.2, -0.15) is 5.10 Å². The molecule has 0 fully saturated rings. The first-order chi connectivity index (χ1) is 15.1. The zero-order valence-corrected chi connectivity index (χ0v) is 16.9. The highest BCUT2D eigenvalue weighted by Crippen LogP contribution is 2.47. The third-order valence-corrected chi connectivity index (χ3v) is 5.58. The Morgan fingerprint density at radius 1 is 1.19 bits per heavy atom. The van der Waals surface area contributed by atoms with E-state index in [4.69, 9.17) is 9.47 Å². The largest absolute Gasteiger partial charge is 0.494 e. The SMILES string of the molecule is CCOC(=O)C1(c2ccc(OC)c(F)c2)Nc2ccccc2-c2cnnc3[nH]cc1c23. The Morgan fingerprint density at radius 2 is 2.03 bits per heavy atom. The van der Waals surface area contributed by atoms with E-state index in [-0.39, 0.29) is 12.4 Å². The molecule has 2 N–H and O–H groups in total. The summed E-state index contributed by atoms with van der Waals surface area (Å²) in [6.45, 7) is 1.90. The highest BCUT2D eigenvalue weighted by Gasteiger charge is 2.48. The predicted octanol–water partition coefficient (Wildman–Crippen LogP) is 4.00. The van der Waals surface area contributed by atoms with E-state index >= 15 is 0 Å². The zero-order chi connectivity index (χ0) is 21.6. The van der Waals surface area contributed by atoms with E-state index in [1.807, 2.05) is 24.3 Å². The van der Waals surface area contributed by atoms with Crippen LogP contribution in [0.1, 0.15) is 18.1 Å². The van der Waals surface area contributed by atoms with Crippen molar-refractivity contribution in [1.29, 1.82) is 0 Å². The molecule has 7 nitrogen and oxygen atoms in total. The van der Waals surface area contributed by atoms with Crippen LogP contribution in [0, 0.1) is 5.82 Å². The average Bonchev–Trinajstić information content (AvgIpc) is 3.17. The smallest absolute Gasteiger partial charge is 0.341 e. The molecule has 0 radical (unpaired) electrons. The van der Waals surface area contributed by atoms with Crippen LogP contribution in [-0.2, 0) is 15.1 Å². The van der Waals surface area contributed by atoms with Crippen LogP contribution in [0.25, 0.3) is 22.2 Å². The fourth-order valence-corrected chi connectivity index (χ4v) is 4.21. The number of halogens is 1. The fraction of sp³-hybridized carbons (Fsp3) is 0.174. The zero-order valence-electron chi connectivity index (χ0n) is 16.9. The molecule has 1 aliphatic rings. The van der Waals surface area contributed by atoms with Gasteiger partial charge in [-0.15, -0.1) is 5.10 Å². The molecule has 3 heterocycles. The summed E-state index contributed by atoms with van der Waals surface area (Å²) in [6, 6.07) is 12.0. The maximum atomic E-state index is 14.8. The summed E-state index contributed by atoms with van der Waals surface area (Å²) < 4.78 is 25.4. The maximum absolute atomic E-state index is 14.8. The summed E-state index contributed by atoms with van der Waals surface area (Å²) >= 11 is 0. The molecule has 0 spiro atoms. The number of anilines is 1. The lowest BCUT2D eigenvalue weighted by atomic mass is 9.82. The third kappa shape index (κ3) is 2.68. The number of aromatic nitrogens is 3. The molecule has 156 valence electrons. The number of rotatable bonds is 4. The number of methoxy groups -OCH3 is 1. The number of nitrogens with one attached hydrogen (secondary N) is 2. The van der Waals surface area contributed by atoms with Crippen molar-refractivity contribution in [2.24, 2.45) is 0 Å². The number of fused-ring (bicyclic) bond motifs is 2. The minimum Gasteiger partial charge on any atom is -0.494 e. The number of hydrogen-bond donors (Lipinski definition) is 2. The van der Waals surface area contributed by atoms with Crippen molar-refractivity contribution in [3.63, 3.8) is 0 Å². The van der Waals surface area contributed by atoms with E-state index in [1.165, 1.54) is 19.2 Å². The second-order valence-corrected chi connectivity index (χ2v) is 7.17. The molecule has 4 aromatic rings. The number of benzene rings is 2. The van der Waals surface area contributed by atoms with Gasteiger partial charge in [0.05, 0.1) is 19.9 Å². The molecule has 0 bridgehead atoms. The summed E-state index contributed by atoms with van der Waals surface area (Å²) in [4.78, 5) is 16.7. The molecule has 1 aliphatic heterocycles. The Kier molecular flexibility index (Phi) is 4.35. The Labute approximate surface area is 177 Å². The number of carbonyl (C=O) groups excluding carboxylic acids is 1. The van der Waals surface area contributed by atoms with Crippen LogP contribution in [0.4, 0.5) is 10.1 Å². The van der Waals surface area contributed by atoms with Gasteiger partial charge in [0.15, 0.2) is 22.8 Å². The first-order valence-electron chi connectivity index (χ1n) is 9.82. The number of para-hydroxylation sites is 1. The van der Waals surface area contributed by atoms with Crippen LogP contribution in [0.2, 0.25) is 0 Å². The molecule has 0 saturated heterocycles. The van der Waals surface area contributed by atoms with Crippen LogP contribution in [-0.4, -0.2) is 34.9 Å². The van der Waals surface area contributed by atoms with Crippen LogP contribution < -0.4 is 10.1 Å². The van der Waals surface area contributed by atoms with Gasteiger partial charge in [-0.25, -0.2) is 9.18 Å². The molecule has 0 aliphatic carbocycles. The highest BCUT2D eigenvalue weighted by molar-refractivity contribution is 6.06. The number of carbonyl (C=O) groups is 1. The lowest BCUT2D eigenvalue weighted by Gasteiger charge is -2.33. The van der Waals surface area contributed by atoms with Crippen molar-refractivity contribution in [2.45, 2.75) is 12.5 Å². The van der Waals surface area contributed by atoms with Gasteiger partial charge in [-0.1, -0.05) is 24.3 Å². The summed E-state index contributed by atoms with van der Waals surface area (Å²) in [5, 5.41) is 12.4. The van der Waals surface area contributed by atoms with Gasteiger partial charge in [0.2, 0.25) is 0 Å². The van der Waals surface area contributed by atoms with Crippen molar-refractivity contribution < 1.29 is 18.7 Å². The number of H-pyrrole nitrogens is 1. The Hall–Kier alpha value is -3.94. The Morgan fingerprint density at radius 3 is 2.81 bits per heavy atom. The molecule has 1 unspecified atom stereocenters. The standard InChI is InChI=1S/C23H19FN4O3/c1-3-31-22(29)23(13-8-9-19(30-2)17(24)10-13)16-12-25-21-20(16)15(11-26-28-21)14-6-4-5-7-18(14)27-23/h4-12,27H,3H2,1-2H3,(H,25,28). The summed E-state index contributed by atoms with van der Waals surface area (Å²) in [5.41, 5.74) is 2.31. The van der Waals surface area contributed by atoms with Gasteiger partial charge in [-0.3, -0.25) is 0 Å². The molecule has 31 heavy (non-hydrogen) atoms. The Bertz CT molecular complexity index is 1320. The molecule has 0 saturated carbocycles. The van der Waals surface area contributed by atoms with E-state index in [2.05, 4.69) is 20.5 Å². The summed E-state index contributed by atoms with van der Waals surface area (Å²) in [7, 11) is 1.39. The number of esters is 1. The van der Waals surface area contributed by atoms with E-state index in [9.17, 15) is 9.18 Å². The summed E-state index contributed by atoms with van der Waals surface area (Å²) in [5.74, 6) is -1.05. The Balaban J connectivity index is 1.91. The molecule has 2 aromatic heterocycles. The monoisotopic (exact) mass is 418 g/mol. The minimum absolute atomic E-state index is 0.0854. The van der Waals surface area contributed by atoms with Crippen LogP contribution in [0.3, 0.4) is 0 Å². The van der Waals surface area contributed by atoms with Gasteiger partial charge in [0, 0.05) is 34.0 Å². The van der Waals surface area contributed by atoms with Gasteiger partial charge in [0.25, 0.3) is 0 Å². The topological polar surface area (TPSA) is 89.1 Å². The van der Waals surface area contributed by atoms with Gasteiger partial charge in [-0.05, 0) is 30.7 Å². The lowest BCUT2D eigenvalue weighted by Crippen LogP contribution is -2.45. The quantitative estimate of drug-likeness (QED) is 0.487.